The number of rotatable bonds is 6. The van der Waals surface area contributed by atoms with Gasteiger partial charge in [0.2, 0.25) is 10.9 Å². The maximum atomic E-state index is 6.01. The van der Waals surface area contributed by atoms with Crippen LogP contribution in [-0.4, -0.2) is 32.0 Å². The van der Waals surface area contributed by atoms with Crippen molar-refractivity contribution in [3.8, 4) is 28.5 Å². The molecule has 1 aliphatic rings. The van der Waals surface area contributed by atoms with E-state index in [2.05, 4.69) is 0 Å². The van der Waals surface area contributed by atoms with Crippen LogP contribution < -0.4 is 19.2 Å². The fourth-order valence-electron chi connectivity index (χ4n) is 3.51. The number of hydrogen-bond donors (Lipinski definition) is 0. The van der Waals surface area contributed by atoms with Crippen LogP contribution in [0.25, 0.3) is 11.3 Å². The van der Waals surface area contributed by atoms with Gasteiger partial charge in [0.1, 0.15) is 0 Å². The summed E-state index contributed by atoms with van der Waals surface area (Å²) in [6, 6.07) is 11.6. The molecule has 0 fully saturated rings. The van der Waals surface area contributed by atoms with Crippen LogP contribution in [0.5, 0.6) is 17.2 Å². The molecule has 0 N–H and O–H groups in total. The Labute approximate surface area is 184 Å². The van der Waals surface area contributed by atoms with Gasteiger partial charge in [-0.3, -0.25) is 0 Å². The zero-order chi connectivity index (χ0) is 21.3. The molecule has 0 amide bonds. The lowest BCUT2D eigenvalue weighted by molar-refractivity contribution is 0.323. The molecule has 156 valence electrons. The van der Waals surface area contributed by atoms with E-state index in [9.17, 15) is 0 Å². The summed E-state index contributed by atoms with van der Waals surface area (Å²) < 4.78 is 16.5. The van der Waals surface area contributed by atoms with Crippen molar-refractivity contribution in [3.63, 3.8) is 0 Å². The van der Waals surface area contributed by atoms with Crippen molar-refractivity contribution in [3.05, 3.63) is 52.4 Å². The van der Waals surface area contributed by atoms with Gasteiger partial charge in [0.25, 0.3) is 0 Å². The van der Waals surface area contributed by atoms with Crippen molar-refractivity contribution in [2.45, 2.75) is 19.4 Å². The first-order valence-corrected chi connectivity index (χ1v) is 10.6. The molecule has 6 nitrogen and oxygen atoms in total. The second kappa shape index (κ2) is 8.53. The summed E-state index contributed by atoms with van der Waals surface area (Å²) in [5, 5.41) is 10.3. The summed E-state index contributed by atoms with van der Waals surface area (Å²) >= 11 is 7.57. The number of benzene rings is 2. The van der Waals surface area contributed by atoms with Gasteiger partial charge < -0.3 is 14.2 Å². The van der Waals surface area contributed by atoms with Crippen molar-refractivity contribution in [1.82, 2.24) is 4.98 Å². The van der Waals surface area contributed by atoms with Gasteiger partial charge in [0.15, 0.2) is 11.5 Å². The second-order valence-electron chi connectivity index (χ2n) is 6.88. The zero-order valence-corrected chi connectivity index (χ0v) is 18.8. The van der Waals surface area contributed by atoms with Crippen LogP contribution in [0.4, 0.5) is 5.13 Å². The quantitative estimate of drug-likeness (QED) is 0.480. The first-order valence-electron chi connectivity index (χ1n) is 9.38. The highest BCUT2D eigenvalue weighted by atomic mass is 35.5. The SMILES string of the molecule is COc1cc(C2CC(C)=NN2c2nc(-c3ccc(Cl)cc3)cs2)cc(OC)c1OC. The molecule has 1 aromatic heterocycles. The van der Waals surface area contributed by atoms with Crippen LogP contribution in [0.3, 0.4) is 0 Å². The highest BCUT2D eigenvalue weighted by molar-refractivity contribution is 7.14. The molecule has 8 heteroatoms. The van der Waals surface area contributed by atoms with E-state index in [0.717, 1.165) is 34.1 Å². The molecule has 4 rings (SSSR count). The Kier molecular flexibility index (Phi) is 5.83. The number of anilines is 1. The summed E-state index contributed by atoms with van der Waals surface area (Å²) in [5.41, 5.74) is 3.98. The van der Waals surface area contributed by atoms with Gasteiger partial charge in [-0.1, -0.05) is 23.7 Å². The topological polar surface area (TPSA) is 56.2 Å². The second-order valence-corrected chi connectivity index (χ2v) is 8.15. The molecule has 0 aliphatic carbocycles. The minimum atomic E-state index is -0.0112. The first kappa shape index (κ1) is 20.5. The van der Waals surface area contributed by atoms with E-state index < -0.39 is 0 Å². The van der Waals surface area contributed by atoms with Crippen LogP contribution in [0.15, 0.2) is 46.9 Å². The molecular weight excluding hydrogens is 422 g/mol. The molecular formula is C22H22ClN3O3S. The Bertz CT molecular complexity index is 1060. The average molecular weight is 444 g/mol. The third-order valence-corrected chi connectivity index (χ3v) is 6.04. The lowest BCUT2D eigenvalue weighted by atomic mass is 10.0. The van der Waals surface area contributed by atoms with Crippen LogP contribution in [-0.2, 0) is 0 Å². The molecule has 0 bridgehead atoms. The number of aromatic nitrogens is 1. The lowest BCUT2D eigenvalue weighted by Gasteiger charge is -2.23. The number of hydrogen-bond acceptors (Lipinski definition) is 7. The summed E-state index contributed by atoms with van der Waals surface area (Å²) in [7, 11) is 4.84. The number of nitrogens with zero attached hydrogens (tertiary/aromatic N) is 3. The van der Waals surface area contributed by atoms with Crippen molar-refractivity contribution >= 4 is 33.8 Å². The Hall–Kier alpha value is -2.77. The van der Waals surface area contributed by atoms with Gasteiger partial charge in [-0.15, -0.1) is 11.3 Å². The number of methoxy groups -OCH3 is 3. The lowest BCUT2D eigenvalue weighted by Crippen LogP contribution is -2.18. The van der Waals surface area contributed by atoms with Crippen LogP contribution in [0.1, 0.15) is 24.9 Å². The molecule has 0 saturated carbocycles. The predicted octanol–water partition coefficient (Wildman–Crippen LogP) is 5.82. The average Bonchev–Trinajstić information content (AvgIpc) is 3.40. The van der Waals surface area contributed by atoms with E-state index in [4.69, 9.17) is 35.9 Å². The van der Waals surface area contributed by atoms with Crippen molar-refractivity contribution in [1.29, 1.82) is 0 Å². The third kappa shape index (κ3) is 3.82. The Morgan fingerprint density at radius 3 is 2.30 bits per heavy atom. The highest BCUT2D eigenvalue weighted by Gasteiger charge is 2.31. The first-order chi connectivity index (χ1) is 14.5. The van der Waals surface area contributed by atoms with Crippen LogP contribution in [0, 0.1) is 0 Å². The predicted molar refractivity (Wildman–Crippen MR) is 122 cm³/mol. The standard InChI is InChI=1S/C22H22ClN3O3S/c1-13-9-18(15-10-19(27-2)21(29-4)20(11-15)28-3)26(25-13)22-24-17(12-30-22)14-5-7-16(23)8-6-14/h5-8,10-12,18H,9H2,1-4H3. The summed E-state index contributed by atoms with van der Waals surface area (Å²) in [4.78, 5) is 4.83. The maximum absolute atomic E-state index is 6.01. The minimum absolute atomic E-state index is 0.0112. The number of ether oxygens (including phenoxy) is 3. The summed E-state index contributed by atoms with van der Waals surface area (Å²) in [6.07, 6.45) is 0.786. The van der Waals surface area contributed by atoms with Crippen LogP contribution >= 0.6 is 22.9 Å². The monoisotopic (exact) mass is 443 g/mol. The van der Waals surface area contributed by atoms with Gasteiger partial charge in [0.05, 0.1) is 33.1 Å². The number of hydrazone groups is 1. The number of halogens is 1. The minimum Gasteiger partial charge on any atom is -0.493 e. The van der Waals surface area contributed by atoms with E-state index >= 15 is 0 Å². The smallest absolute Gasteiger partial charge is 0.207 e. The molecule has 30 heavy (non-hydrogen) atoms. The summed E-state index contributed by atoms with van der Waals surface area (Å²) in [5.74, 6) is 1.82. The van der Waals surface area contributed by atoms with Crippen molar-refractivity contribution in [2.75, 3.05) is 26.3 Å². The van der Waals surface area contributed by atoms with Crippen molar-refractivity contribution < 1.29 is 14.2 Å². The summed E-state index contributed by atoms with van der Waals surface area (Å²) in [6.45, 7) is 2.03. The third-order valence-electron chi connectivity index (χ3n) is 4.96. The van der Waals surface area contributed by atoms with E-state index in [1.165, 1.54) is 0 Å². The molecule has 1 atom stereocenters. The molecule has 2 aromatic carbocycles. The Balaban J connectivity index is 1.70. The fourth-order valence-corrected chi connectivity index (χ4v) is 4.47. The molecule has 1 unspecified atom stereocenters. The maximum Gasteiger partial charge on any atom is 0.207 e. The van der Waals surface area contributed by atoms with Gasteiger partial charge in [-0.25, -0.2) is 9.99 Å². The fraction of sp³-hybridized carbons (Fsp3) is 0.273. The molecule has 0 spiro atoms. The van der Waals surface area contributed by atoms with Crippen LogP contribution in [0.2, 0.25) is 5.02 Å². The molecule has 0 saturated heterocycles. The number of thiazole rings is 1. The van der Waals surface area contributed by atoms with Gasteiger partial charge in [-0.2, -0.15) is 5.10 Å². The molecule has 2 heterocycles. The Morgan fingerprint density at radius 1 is 1.03 bits per heavy atom. The zero-order valence-electron chi connectivity index (χ0n) is 17.2. The molecule has 1 aliphatic heterocycles. The van der Waals surface area contributed by atoms with Crippen molar-refractivity contribution in [2.24, 2.45) is 5.10 Å². The van der Waals surface area contributed by atoms with Gasteiger partial charge in [-0.05, 0) is 36.8 Å². The highest BCUT2D eigenvalue weighted by Crippen LogP contribution is 2.44. The van der Waals surface area contributed by atoms with Gasteiger partial charge in [0, 0.05) is 28.1 Å². The normalized spacial score (nSPS) is 15.8. The van der Waals surface area contributed by atoms with Gasteiger partial charge >= 0.3 is 0 Å². The largest absolute Gasteiger partial charge is 0.493 e. The van der Waals surface area contributed by atoms with E-state index in [-0.39, 0.29) is 6.04 Å². The van der Waals surface area contributed by atoms with E-state index in [1.54, 1.807) is 32.7 Å². The Morgan fingerprint density at radius 2 is 1.70 bits per heavy atom. The molecule has 0 radical (unpaired) electrons. The van der Waals surface area contributed by atoms with E-state index in [0.29, 0.717) is 22.3 Å². The van der Waals surface area contributed by atoms with E-state index in [1.807, 2.05) is 53.7 Å². The molecule has 3 aromatic rings.